The molecule has 0 radical (unpaired) electrons. The second kappa shape index (κ2) is 8.58. The lowest BCUT2D eigenvalue weighted by molar-refractivity contribution is -0.127. The van der Waals surface area contributed by atoms with Crippen LogP contribution in [0.1, 0.15) is 45.4 Å². The van der Waals surface area contributed by atoms with E-state index in [1.165, 1.54) is 0 Å². The summed E-state index contributed by atoms with van der Waals surface area (Å²) in [7, 11) is 0. The number of nitrogens with one attached hydrogen (secondary N) is 1. The van der Waals surface area contributed by atoms with Gasteiger partial charge in [0.05, 0.1) is 17.3 Å². The summed E-state index contributed by atoms with van der Waals surface area (Å²) in [5, 5.41) is 9.20. The third kappa shape index (κ3) is 4.89. The number of thiophene rings is 1. The molecule has 1 aliphatic rings. The molecule has 1 saturated heterocycles. The maximum atomic E-state index is 12.5. The monoisotopic (exact) mass is 362 g/mol. The van der Waals surface area contributed by atoms with Gasteiger partial charge in [-0.1, -0.05) is 24.6 Å². The summed E-state index contributed by atoms with van der Waals surface area (Å²) in [6, 6.07) is 4.21. The van der Waals surface area contributed by atoms with Crippen LogP contribution in [0, 0.1) is 5.92 Å². The molecule has 0 aromatic carbocycles. The number of likely N-dealkylation sites (tertiary alicyclic amines) is 1. The summed E-state index contributed by atoms with van der Waals surface area (Å²) >= 11 is 1.60. The molecule has 0 saturated carbocycles. The molecule has 3 heterocycles. The topological polar surface area (TPSA) is 71.3 Å². The predicted molar refractivity (Wildman–Crippen MR) is 98.1 cm³/mol. The maximum Gasteiger partial charge on any atom is 0.241 e. The van der Waals surface area contributed by atoms with Gasteiger partial charge in [-0.2, -0.15) is 4.98 Å². The first-order chi connectivity index (χ1) is 12.2. The third-order valence-corrected chi connectivity index (χ3v) is 5.42. The number of piperidine rings is 1. The van der Waals surface area contributed by atoms with E-state index in [-0.39, 0.29) is 17.9 Å². The van der Waals surface area contributed by atoms with E-state index in [0.717, 1.165) is 43.6 Å². The first-order valence-corrected chi connectivity index (χ1v) is 9.93. The van der Waals surface area contributed by atoms with Gasteiger partial charge >= 0.3 is 0 Å². The zero-order valence-corrected chi connectivity index (χ0v) is 15.7. The Labute approximate surface area is 152 Å². The molecule has 1 aliphatic heterocycles. The van der Waals surface area contributed by atoms with Crippen molar-refractivity contribution in [2.45, 2.75) is 52.1 Å². The average molecular weight is 362 g/mol. The van der Waals surface area contributed by atoms with E-state index >= 15 is 0 Å². The molecule has 1 fully saturated rings. The fourth-order valence-corrected chi connectivity index (χ4v) is 3.94. The summed E-state index contributed by atoms with van der Waals surface area (Å²) in [6.07, 6.45) is 4.08. The molecule has 7 heteroatoms. The molecule has 0 aliphatic carbocycles. The SMILES string of the molecule is CCCC(C)NC(=O)C1CCCN(Cc2nc(-c3cccs3)no2)C1. The van der Waals surface area contributed by atoms with Crippen molar-refractivity contribution in [3.63, 3.8) is 0 Å². The smallest absolute Gasteiger partial charge is 0.241 e. The van der Waals surface area contributed by atoms with Crippen molar-refractivity contribution in [2.75, 3.05) is 13.1 Å². The van der Waals surface area contributed by atoms with Crippen molar-refractivity contribution in [3.8, 4) is 10.7 Å². The van der Waals surface area contributed by atoms with Crippen LogP contribution < -0.4 is 5.32 Å². The molecule has 2 atom stereocenters. The highest BCUT2D eigenvalue weighted by Crippen LogP contribution is 2.23. The van der Waals surface area contributed by atoms with Crippen LogP contribution in [0.4, 0.5) is 0 Å². The maximum absolute atomic E-state index is 12.5. The van der Waals surface area contributed by atoms with Crippen LogP contribution in [0.2, 0.25) is 0 Å². The van der Waals surface area contributed by atoms with E-state index < -0.39 is 0 Å². The number of carbonyl (C=O) groups excluding carboxylic acids is 1. The van der Waals surface area contributed by atoms with Gasteiger partial charge in [-0.05, 0) is 44.2 Å². The molecule has 2 unspecified atom stereocenters. The van der Waals surface area contributed by atoms with E-state index in [2.05, 4.69) is 34.2 Å². The van der Waals surface area contributed by atoms with Gasteiger partial charge in [0.1, 0.15) is 0 Å². The van der Waals surface area contributed by atoms with Gasteiger partial charge in [0, 0.05) is 12.6 Å². The Bertz CT molecular complexity index is 670. The average Bonchev–Trinajstić information content (AvgIpc) is 3.26. The molecule has 136 valence electrons. The lowest BCUT2D eigenvalue weighted by atomic mass is 9.96. The Kier molecular flexibility index (Phi) is 6.20. The molecule has 25 heavy (non-hydrogen) atoms. The summed E-state index contributed by atoms with van der Waals surface area (Å²) < 4.78 is 5.39. The van der Waals surface area contributed by atoms with E-state index in [9.17, 15) is 4.79 Å². The lowest BCUT2D eigenvalue weighted by Crippen LogP contribution is -2.45. The van der Waals surface area contributed by atoms with Crippen LogP contribution in [-0.2, 0) is 11.3 Å². The zero-order valence-electron chi connectivity index (χ0n) is 14.9. The van der Waals surface area contributed by atoms with Crippen LogP contribution in [0.3, 0.4) is 0 Å². The van der Waals surface area contributed by atoms with Crippen molar-refractivity contribution in [1.29, 1.82) is 0 Å². The van der Waals surface area contributed by atoms with Gasteiger partial charge in [-0.3, -0.25) is 9.69 Å². The van der Waals surface area contributed by atoms with Gasteiger partial charge < -0.3 is 9.84 Å². The van der Waals surface area contributed by atoms with Crippen LogP contribution in [-0.4, -0.2) is 40.1 Å². The molecule has 1 N–H and O–H groups in total. The van der Waals surface area contributed by atoms with Gasteiger partial charge in [0.15, 0.2) is 0 Å². The quantitative estimate of drug-likeness (QED) is 0.818. The second-order valence-corrected chi connectivity index (χ2v) is 7.71. The summed E-state index contributed by atoms with van der Waals surface area (Å²) in [4.78, 5) is 20.2. The van der Waals surface area contributed by atoms with Crippen LogP contribution in [0.15, 0.2) is 22.0 Å². The Hall–Kier alpha value is -1.73. The highest BCUT2D eigenvalue weighted by molar-refractivity contribution is 7.13. The fraction of sp³-hybridized carbons (Fsp3) is 0.611. The van der Waals surface area contributed by atoms with E-state index in [1.54, 1.807) is 11.3 Å². The van der Waals surface area contributed by atoms with E-state index in [4.69, 9.17) is 4.52 Å². The third-order valence-electron chi connectivity index (χ3n) is 4.56. The number of hydrogen-bond donors (Lipinski definition) is 1. The van der Waals surface area contributed by atoms with Crippen molar-refractivity contribution >= 4 is 17.2 Å². The first kappa shape index (κ1) is 18.1. The van der Waals surface area contributed by atoms with Gasteiger partial charge in [-0.15, -0.1) is 11.3 Å². The molecule has 2 aromatic rings. The molecule has 0 bridgehead atoms. The number of nitrogens with zero attached hydrogens (tertiary/aromatic N) is 3. The molecule has 2 aromatic heterocycles. The van der Waals surface area contributed by atoms with Crippen molar-refractivity contribution < 1.29 is 9.32 Å². The molecule has 6 nitrogen and oxygen atoms in total. The minimum Gasteiger partial charge on any atom is -0.353 e. The van der Waals surface area contributed by atoms with Gasteiger partial charge in [-0.25, -0.2) is 0 Å². The normalized spacial score (nSPS) is 19.7. The molecular formula is C18H26N4O2S. The lowest BCUT2D eigenvalue weighted by Gasteiger charge is -2.31. The zero-order chi connectivity index (χ0) is 17.6. The minimum atomic E-state index is 0.0488. The molecule has 0 spiro atoms. The Balaban J connectivity index is 1.54. The largest absolute Gasteiger partial charge is 0.353 e. The molecule has 3 rings (SSSR count). The molecule has 1 amide bonds. The van der Waals surface area contributed by atoms with Crippen LogP contribution >= 0.6 is 11.3 Å². The Morgan fingerprint density at radius 3 is 3.20 bits per heavy atom. The number of rotatable bonds is 7. The highest BCUT2D eigenvalue weighted by atomic mass is 32.1. The van der Waals surface area contributed by atoms with Crippen molar-refractivity contribution in [1.82, 2.24) is 20.4 Å². The Morgan fingerprint density at radius 1 is 1.56 bits per heavy atom. The van der Waals surface area contributed by atoms with Crippen LogP contribution in [0.5, 0.6) is 0 Å². The summed E-state index contributed by atoms with van der Waals surface area (Å²) in [5.41, 5.74) is 0. The number of amides is 1. The summed E-state index contributed by atoms with van der Waals surface area (Å²) in [6.45, 7) is 6.53. The standard InChI is InChI=1S/C18H26N4O2S/c1-3-6-13(2)19-18(23)14-7-4-9-22(11-14)12-16-20-17(21-24-16)15-8-5-10-25-15/h5,8,10,13-14H,3-4,6-7,9,11-12H2,1-2H3,(H,19,23). The van der Waals surface area contributed by atoms with Crippen LogP contribution in [0.25, 0.3) is 10.7 Å². The number of carbonyl (C=O) groups is 1. The first-order valence-electron chi connectivity index (χ1n) is 9.05. The Morgan fingerprint density at radius 2 is 2.44 bits per heavy atom. The van der Waals surface area contributed by atoms with E-state index in [0.29, 0.717) is 18.3 Å². The minimum absolute atomic E-state index is 0.0488. The van der Waals surface area contributed by atoms with Crippen molar-refractivity contribution in [2.24, 2.45) is 5.92 Å². The van der Waals surface area contributed by atoms with E-state index in [1.807, 2.05) is 17.5 Å². The van der Waals surface area contributed by atoms with Gasteiger partial charge in [0.2, 0.25) is 17.6 Å². The van der Waals surface area contributed by atoms with Gasteiger partial charge in [0.25, 0.3) is 0 Å². The number of hydrogen-bond acceptors (Lipinski definition) is 6. The summed E-state index contributed by atoms with van der Waals surface area (Å²) in [5.74, 6) is 1.48. The predicted octanol–water partition coefficient (Wildman–Crippen LogP) is 3.31. The van der Waals surface area contributed by atoms with Crippen molar-refractivity contribution in [3.05, 3.63) is 23.4 Å². The second-order valence-electron chi connectivity index (χ2n) is 6.76. The number of aromatic nitrogens is 2. The highest BCUT2D eigenvalue weighted by Gasteiger charge is 2.27. The fourth-order valence-electron chi connectivity index (χ4n) is 3.30. The molecular weight excluding hydrogens is 336 g/mol.